The van der Waals surface area contributed by atoms with Crippen molar-refractivity contribution in [2.75, 3.05) is 12.4 Å². The molecule has 0 fully saturated rings. The second-order valence-corrected chi connectivity index (χ2v) is 13.3. The van der Waals surface area contributed by atoms with E-state index in [1.165, 1.54) is 11.1 Å². The number of anilines is 1. The molecule has 2 N–H and O–H groups in total. The summed E-state index contributed by atoms with van der Waals surface area (Å²) >= 11 is 20.0. The summed E-state index contributed by atoms with van der Waals surface area (Å²) in [6.45, 7) is 17.2. The summed E-state index contributed by atoms with van der Waals surface area (Å²) in [6, 6.07) is 17.8. The van der Waals surface area contributed by atoms with Crippen LogP contribution in [0.5, 0.6) is 5.75 Å². The van der Waals surface area contributed by atoms with E-state index in [-0.39, 0.29) is 17.8 Å². The van der Waals surface area contributed by atoms with Crippen molar-refractivity contribution in [3.05, 3.63) is 116 Å². The van der Waals surface area contributed by atoms with Crippen molar-refractivity contribution >= 4 is 46.9 Å². The molecule has 3 aromatic rings. The van der Waals surface area contributed by atoms with Crippen LogP contribution in [0.1, 0.15) is 107 Å². The summed E-state index contributed by atoms with van der Waals surface area (Å²) < 4.78 is 7.05. The molecule has 46 heavy (non-hydrogen) atoms. The van der Waals surface area contributed by atoms with Crippen LogP contribution in [-0.2, 0) is 4.79 Å². The van der Waals surface area contributed by atoms with Gasteiger partial charge in [0.15, 0.2) is 0 Å². The van der Waals surface area contributed by atoms with Crippen LogP contribution in [0, 0.1) is 6.92 Å². The van der Waals surface area contributed by atoms with Crippen molar-refractivity contribution in [2.24, 2.45) is 0 Å². The molecule has 3 aromatic carbocycles. The first-order chi connectivity index (χ1) is 22.0. The van der Waals surface area contributed by atoms with Crippen LogP contribution in [0.2, 0.25) is 15.1 Å². The molecule has 3 unspecified atom stereocenters. The van der Waals surface area contributed by atoms with Gasteiger partial charge in [-0.1, -0.05) is 92.9 Å². The van der Waals surface area contributed by atoms with Crippen LogP contribution in [0.4, 0.5) is 5.69 Å². The van der Waals surface area contributed by atoms with Gasteiger partial charge in [0.1, 0.15) is 11.4 Å². The van der Waals surface area contributed by atoms with Crippen LogP contribution in [0.3, 0.4) is 0 Å². The molecule has 0 heterocycles. The van der Waals surface area contributed by atoms with E-state index in [0.717, 1.165) is 60.2 Å². The largest absolute Gasteiger partial charge is 0.481 e. The van der Waals surface area contributed by atoms with Crippen LogP contribution < -0.4 is 15.4 Å². The van der Waals surface area contributed by atoms with E-state index in [1.807, 2.05) is 49.5 Å². The fourth-order valence-electron chi connectivity index (χ4n) is 6.83. The highest BCUT2D eigenvalue weighted by molar-refractivity contribution is 6.31. The minimum absolute atomic E-state index is 0.0210. The Hall–Kier alpha value is -2.92. The topological polar surface area (TPSA) is 50.4 Å². The highest BCUT2D eigenvalue weighted by Gasteiger charge is 2.38. The van der Waals surface area contributed by atoms with Gasteiger partial charge in [0.05, 0.1) is 0 Å². The number of halogens is 3. The van der Waals surface area contributed by atoms with Gasteiger partial charge in [-0.25, -0.2) is 0 Å². The first-order valence-electron chi connectivity index (χ1n) is 16.3. The number of rotatable bonds is 17. The van der Waals surface area contributed by atoms with E-state index in [0.29, 0.717) is 27.2 Å². The average molecular weight is 684 g/mol. The SMILES string of the molecule is C=C(NC)C(CC)(CC)Oc1ccc(Cl)cc1C(C/C(C)=C\CC)C(c1ccc(Cl)cc1NC=O)C(CC)c1cc(Cl)ccc1C. The zero-order chi connectivity index (χ0) is 34.0. The van der Waals surface area contributed by atoms with E-state index in [9.17, 15) is 4.79 Å². The van der Waals surface area contributed by atoms with Gasteiger partial charge in [0.2, 0.25) is 6.41 Å². The number of nitrogens with one attached hydrogen (secondary N) is 2. The second kappa shape index (κ2) is 17.3. The first-order valence-corrected chi connectivity index (χ1v) is 17.4. The number of benzene rings is 3. The number of carbonyl (C=O) groups is 1. The molecule has 3 rings (SSSR count). The first kappa shape index (κ1) is 37.5. The number of hydrogen-bond acceptors (Lipinski definition) is 3. The molecule has 1 amide bonds. The van der Waals surface area contributed by atoms with E-state index >= 15 is 0 Å². The summed E-state index contributed by atoms with van der Waals surface area (Å²) in [7, 11) is 1.88. The molecule has 0 aliphatic heterocycles. The van der Waals surface area contributed by atoms with Gasteiger partial charge in [0, 0.05) is 39.4 Å². The Morgan fingerprint density at radius 3 is 2.09 bits per heavy atom. The molecule has 0 aliphatic carbocycles. The maximum absolute atomic E-state index is 12.0. The highest BCUT2D eigenvalue weighted by Crippen LogP contribution is 2.53. The molecule has 7 heteroatoms. The molecular formula is C39H49Cl3N2O2. The zero-order valence-corrected chi connectivity index (χ0v) is 30.5. The maximum Gasteiger partial charge on any atom is 0.211 e. The van der Waals surface area contributed by atoms with Crippen molar-refractivity contribution in [3.8, 4) is 5.75 Å². The summed E-state index contributed by atoms with van der Waals surface area (Å²) in [4.78, 5) is 12.0. The molecule has 0 spiro atoms. The third-order valence-corrected chi connectivity index (χ3v) is 10.0. The lowest BCUT2D eigenvalue weighted by Gasteiger charge is -2.39. The normalized spacial score (nSPS) is 13.9. The van der Waals surface area contributed by atoms with Crippen LogP contribution >= 0.6 is 34.8 Å². The number of likely N-dealkylation sites (N-methyl/N-ethyl adjacent to an activating group) is 1. The lowest BCUT2D eigenvalue weighted by molar-refractivity contribution is -0.105. The molecule has 0 aliphatic rings. The van der Waals surface area contributed by atoms with Gasteiger partial charge in [-0.05, 0) is 123 Å². The van der Waals surface area contributed by atoms with Crippen molar-refractivity contribution in [2.45, 2.75) is 97.0 Å². The molecule has 4 nitrogen and oxygen atoms in total. The molecule has 0 radical (unpaired) electrons. The summed E-state index contributed by atoms with van der Waals surface area (Å²) in [5, 5.41) is 8.07. The summed E-state index contributed by atoms with van der Waals surface area (Å²) in [5.74, 6) is 0.545. The monoisotopic (exact) mass is 682 g/mol. The third-order valence-electron chi connectivity index (χ3n) is 9.30. The molecule has 0 aromatic heterocycles. The molecular weight excluding hydrogens is 635 g/mol. The number of aryl methyl sites for hydroxylation is 1. The van der Waals surface area contributed by atoms with Gasteiger partial charge < -0.3 is 15.4 Å². The van der Waals surface area contributed by atoms with Crippen LogP contribution in [-0.4, -0.2) is 19.1 Å². The Kier molecular flexibility index (Phi) is 14.1. The maximum atomic E-state index is 12.0. The molecule has 0 saturated heterocycles. The molecule has 0 saturated carbocycles. The van der Waals surface area contributed by atoms with E-state index in [1.54, 1.807) is 0 Å². The van der Waals surface area contributed by atoms with E-state index < -0.39 is 5.60 Å². The number of ether oxygens (including phenoxy) is 1. The van der Waals surface area contributed by atoms with Crippen molar-refractivity contribution in [1.82, 2.24) is 5.32 Å². The molecule has 0 bridgehead atoms. The zero-order valence-electron chi connectivity index (χ0n) is 28.3. The van der Waals surface area contributed by atoms with Gasteiger partial charge >= 0.3 is 0 Å². The smallest absolute Gasteiger partial charge is 0.211 e. The lowest BCUT2D eigenvalue weighted by Crippen LogP contribution is -2.41. The van der Waals surface area contributed by atoms with Crippen molar-refractivity contribution in [1.29, 1.82) is 0 Å². The minimum Gasteiger partial charge on any atom is -0.481 e. The Bertz CT molecular complexity index is 1530. The van der Waals surface area contributed by atoms with Gasteiger partial charge in [-0.2, -0.15) is 0 Å². The Morgan fingerprint density at radius 1 is 0.891 bits per heavy atom. The number of hydrogen-bond donors (Lipinski definition) is 2. The highest BCUT2D eigenvalue weighted by atomic mass is 35.5. The second-order valence-electron chi connectivity index (χ2n) is 12.0. The average Bonchev–Trinajstić information content (AvgIpc) is 3.04. The Morgan fingerprint density at radius 2 is 1.50 bits per heavy atom. The third kappa shape index (κ3) is 8.70. The predicted octanol–water partition coefficient (Wildman–Crippen LogP) is 12.0. The number of allylic oxidation sites excluding steroid dienone is 2. The van der Waals surface area contributed by atoms with Crippen molar-refractivity contribution < 1.29 is 9.53 Å². The standard InChI is InChI=1S/C39H49Cl3N2O2/c1-9-13-25(5)20-35(34-22-29(41)17-19-37(34)46-39(11-3,12-4)27(7)43-8)38(32-18-16-30(42)23-36(32)44-24-45)31(10-2)33-21-28(40)15-14-26(33)6/h13-19,21-24,31,35,38,43H,7,9-12,20H2,1-6,8H3,(H,44,45)/b25-13-. The van der Waals surface area contributed by atoms with E-state index in [4.69, 9.17) is 39.5 Å². The van der Waals surface area contributed by atoms with Crippen LogP contribution in [0.25, 0.3) is 0 Å². The molecule has 3 atom stereocenters. The number of carbonyl (C=O) groups excluding carboxylic acids is 1. The fraction of sp³-hybridized carbons (Fsp3) is 0.410. The van der Waals surface area contributed by atoms with Crippen LogP contribution in [0.15, 0.2) is 78.5 Å². The quantitative estimate of drug-likeness (QED) is 0.110. The number of amides is 1. The van der Waals surface area contributed by atoms with Gasteiger partial charge in [-0.3, -0.25) is 4.79 Å². The predicted molar refractivity (Wildman–Crippen MR) is 198 cm³/mol. The fourth-order valence-corrected chi connectivity index (χ4v) is 7.36. The Balaban J connectivity index is 2.47. The minimum atomic E-state index is -0.621. The van der Waals surface area contributed by atoms with E-state index in [2.05, 4.69) is 77.0 Å². The summed E-state index contributed by atoms with van der Waals surface area (Å²) in [5.41, 5.74) is 6.45. The van der Waals surface area contributed by atoms with Crippen molar-refractivity contribution in [3.63, 3.8) is 0 Å². The Labute approximate surface area is 291 Å². The van der Waals surface area contributed by atoms with Gasteiger partial charge in [-0.15, -0.1) is 0 Å². The van der Waals surface area contributed by atoms with Gasteiger partial charge in [0.25, 0.3) is 0 Å². The molecule has 248 valence electrons. The lowest BCUT2D eigenvalue weighted by atomic mass is 9.67. The summed E-state index contributed by atoms with van der Waals surface area (Å²) in [6.07, 6.45) is 6.94.